The first kappa shape index (κ1) is 34.9. The highest BCUT2D eigenvalue weighted by atomic mass is 35.5. The second kappa shape index (κ2) is 10.2. The second-order valence-electron chi connectivity index (χ2n) is 5.94. The molecule has 0 aromatic heterocycles. The van der Waals surface area contributed by atoms with Crippen molar-refractivity contribution in [2.24, 2.45) is 0 Å². The van der Waals surface area contributed by atoms with Crippen LogP contribution in [0.4, 0.5) is 0 Å². The van der Waals surface area contributed by atoms with Gasteiger partial charge >= 0.3 is 7.32 Å². The summed E-state index contributed by atoms with van der Waals surface area (Å²) in [5.74, 6) is 0. The van der Waals surface area contributed by atoms with E-state index in [4.69, 9.17) is 126 Å². The molecular formula is C10H9BCl10O12. The predicted molar refractivity (Wildman–Crippen MR) is 117 cm³/mol. The zero-order valence-corrected chi connectivity index (χ0v) is 22.2. The smallest absolute Gasteiger partial charge is 0.402 e. The van der Waals surface area contributed by atoms with E-state index in [0.29, 0.717) is 0 Å². The van der Waals surface area contributed by atoms with E-state index in [-0.39, 0.29) is 0 Å². The summed E-state index contributed by atoms with van der Waals surface area (Å²) < 4.78 is 3.98. The zero-order valence-electron chi connectivity index (χ0n) is 14.6. The Balaban J connectivity index is 7.04. The van der Waals surface area contributed by atoms with Gasteiger partial charge in [-0.15, -0.1) is 0 Å². The van der Waals surface area contributed by atoms with Gasteiger partial charge in [0.1, 0.15) is 0 Å². The van der Waals surface area contributed by atoms with Gasteiger partial charge in [-0.1, -0.05) is 92.8 Å². The normalized spacial score (nSPS) is 27.1. The molecular weight excluding hydrogens is 677 g/mol. The Labute approximate surface area is 233 Å². The fraction of sp³-hybridized carbons (Fsp3) is 0.800. The van der Waals surface area contributed by atoms with Crippen molar-refractivity contribution in [1.82, 2.24) is 0 Å². The van der Waals surface area contributed by atoms with Crippen molar-refractivity contribution < 1.29 is 60.0 Å². The number of hydrogen-bond donors (Lipinski definition) is 9. The molecule has 0 spiro atoms. The molecule has 12 nitrogen and oxygen atoms in total. The summed E-state index contributed by atoms with van der Waals surface area (Å²) in [6, 6.07) is 0. The molecule has 194 valence electrons. The Morgan fingerprint density at radius 3 is 1.06 bits per heavy atom. The van der Waals surface area contributed by atoms with E-state index in [2.05, 4.69) is 4.65 Å². The summed E-state index contributed by atoms with van der Waals surface area (Å²) in [6.45, 7) is 0. The standard InChI is InChI=1S/C10H9BCl10O12/c12-1(22)3(14,24)5(16,25)7(18,27)9(20,29)10(21,30)8(19,28)6(17,26)4(15,2(13)23)33-11(31)32/h24-32H. The molecule has 0 saturated carbocycles. The third-order valence-corrected chi connectivity index (χ3v) is 9.51. The molecule has 0 rings (SSSR count). The van der Waals surface area contributed by atoms with E-state index < -0.39 is 58.3 Å². The largest absolute Gasteiger partial charge is 0.635 e. The Morgan fingerprint density at radius 2 is 0.818 bits per heavy atom. The highest BCUT2D eigenvalue weighted by Gasteiger charge is 2.83. The number of halogens is 10. The number of carbonyl (C=O) groups is 2. The Kier molecular flexibility index (Phi) is 10.8. The van der Waals surface area contributed by atoms with Gasteiger partial charge in [-0.05, 0) is 23.2 Å². The minimum atomic E-state index is -4.66. The Hall–Kier alpha value is 1.90. The molecule has 33 heavy (non-hydrogen) atoms. The van der Waals surface area contributed by atoms with Crippen molar-refractivity contribution in [3.63, 3.8) is 0 Å². The lowest BCUT2D eigenvalue weighted by Gasteiger charge is -2.54. The zero-order chi connectivity index (χ0) is 27.4. The van der Waals surface area contributed by atoms with Crippen LogP contribution in [-0.4, -0.2) is 104 Å². The van der Waals surface area contributed by atoms with E-state index in [9.17, 15) is 45.3 Å². The molecule has 0 amide bonds. The van der Waals surface area contributed by atoms with Crippen molar-refractivity contribution in [2.75, 3.05) is 0 Å². The van der Waals surface area contributed by atoms with Gasteiger partial charge in [0.15, 0.2) is 0 Å². The van der Waals surface area contributed by atoms with Crippen LogP contribution in [-0.2, 0) is 14.2 Å². The van der Waals surface area contributed by atoms with Gasteiger partial charge in [0, 0.05) is 0 Å². The van der Waals surface area contributed by atoms with Crippen LogP contribution in [0, 0.1) is 0 Å². The summed E-state index contributed by atoms with van der Waals surface area (Å²) in [5, 5.41) is 50.2. The molecule has 8 unspecified atom stereocenters. The predicted octanol–water partition coefficient (Wildman–Crippen LogP) is -1.07. The van der Waals surface area contributed by atoms with Gasteiger partial charge in [-0.2, -0.15) is 0 Å². The maximum absolute atomic E-state index is 11.6. The molecule has 0 radical (unpaired) electrons. The number of alkyl halides is 8. The first-order valence-electron chi connectivity index (χ1n) is 7.07. The van der Waals surface area contributed by atoms with Crippen LogP contribution in [0.25, 0.3) is 0 Å². The monoisotopic (exact) mass is 682 g/mol. The lowest BCUT2D eigenvalue weighted by atomic mass is 9.89. The molecule has 0 bridgehead atoms. The minimum Gasteiger partial charge on any atom is -0.402 e. The minimum absolute atomic E-state index is 2.18. The van der Waals surface area contributed by atoms with Gasteiger partial charge < -0.3 is 50.4 Å². The van der Waals surface area contributed by atoms with Crippen LogP contribution < -0.4 is 0 Å². The number of carbonyl (C=O) groups excluding carboxylic acids is 2. The highest BCUT2D eigenvalue weighted by Crippen LogP contribution is 2.61. The maximum atomic E-state index is 11.6. The highest BCUT2D eigenvalue weighted by molar-refractivity contribution is 6.72. The fourth-order valence-electron chi connectivity index (χ4n) is 1.84. The summed E-state index contributed by atoms with van der Waals surface area (Å²) in [6.07, 6.45) is 0. The average Bonchev–Trinajstić information content (AvgIpc) is 2.59. The molecule has 9 N–H and O–H groups in total. The quantitative estimate of drug-likeness (QED) is 0.0720. The summed E-state index contributed by atoms with van der Waals surface area (Å²) in [7, 11) is -3.11. The van der Waals surface area contributed by atoms with Crippen molar-refractivity contribution in [1.29, 1.82) is 0 Å². The van der Waals surface area contributed by atoms with Crippen LogP contribution in [0.3, 0.4) is 0 Å². The molecule has 0 aromatic carbocycles. The van der Waals surface area contributed by atoms with E-state index >= 15 is 0 Å². The van der Waals surface area contributed by atoms with Gasteiger partial charge in [0.05, 0.1) is 0 Å². The fourth-order valence-corrected chi connectivity index (χ4v) is 4.48. The molecule has 23 heteroatoms. The van der Waals surface area contributed by atoms with Crippen molar-refractivity contribution in [3.8, 4) is 0 Å². The number of rotatable bonds is 11. The van der Waals surface area contributed by atoms with E-state index in [1.165, 1.54) is 0 Å². The van der Waals surface area contributed by atoms with Gasteiger partial charge in [-0.3, -0.25) is 9.59 Å². The van der Waals surface area contributed by atoms with Crippen molar-refractivity contribution in [3.05, 3.63) is 0 Å². The molecule has 0 aliphatic heterocycles. The maximum Gasteiger partial charge on any atom is 0.635 e. The van der Waals surface area contributed by atoms with Crippen molar-refractivity contribution in [2.45, 2.75) is 40.5 Å². The average molecular weight is 687 g/mol. The summed E-state index contributed by atoms with van der Waals surface area (Å²) in [5.41, 5.74) is 0. The second-order valence-corrected chi connectivity index (χ2v) is 11.0. The Morgan fingerprint density at radius 1 is 0.545 bits per heavy atom. The third-order valence-electron chi connectivity index (χ3n) is 3.84. The van der Waals surface area contributed by atoms with Gasteiger partial charge in [0.2, 0.25) is 30.4 Å². The lowest BCUT2D eigenvalue weighted by molar-refractivity contribution is -0.256. The van der Waals surface area contributed by atoms with Crippen molar-refractivity contribution >= 4 is 134 Å². The van der Waals surface area contributed by atoms with Crippen LogP contribution in [0.15, 0.2) is 0 Å². The molecule has 8 atom stereocenters. The molecule has 0 aliphatic rings. The molecule has 0 heterocycles. The van der Waals surface area contributed by atoms with E-state index in [1.54, 1.807) is 0 Å². The van der Waals surface area contributed by atoms with Crippen LogP contribution in [0.5, 0.6) is 0 Å². The molecule has 0 aromatic rings. The van der Waals surface area contributed by atoms with Crippen LogP contribution >= 0.6 is 116 Å². The summed E-state index contributed by atoms with van der Waals surface area (Å²) in [4.78, 5) is 22.9. The van der Waals surface area contributed by atoms with E-state index in [0.717, 1.165) is 0 Å². The first-order valence-corrected chi connectivity index (χ1v) is 10.8. The van der Waals surface area contributed by atoms with E-state index in [1.807, 2.05) is 0 Å². The topological polar surface area (TPSA) is 225 Å². The first-order chi connectivity index (χ1) is 14.1. The SMILES string of the molecule is O=C(Cl)C(O)(Cl)C(O)(Cl)C(O)(Cl)C(O)(Cl)C(O)(Cl)C(O)(Cl)C(O)(Cl)C(Cl)(OB(O)O)C(=O)Cl. The molecule has 0 fully saturated rings. The number of hydrogen-bond acceptors (Lipinski definition) is 12. The summed E-state index contributed by atoms with van der Waals surface area (Å²) >= 11 is 53.3. The third kappa shape index (κ3) is 5.14. The van der Waals surface area contributed by atoms with Crippen LogP contribution in [0.2, 0.25) is 0 Å². The van der Waals surface area contributed by atoms with Gasteiger partial charge in [-0.25, -0.2) is 0 Å². The Bertz CT molecular complexity index is 787. The number of aliphatic hydroxyl groups is 7. The molecule has 0 saturated heterocycles. The van der Waals surface area contributed by atoms with Gasteiger partial charge in [0.25, 0.3) is 20.6 Å². The lowest BCUT2D eigenvalue weighted by Crippen LogP contribution is -2.81. The van der Waals surface area contributed by atoms with Crippen LogP contribution in [0.1, 0.15) is 0 Å². The molecule has 0 aliphatic carbocycles.